The fraction of sp³-hybridized carbons (Fsp3) is 0.250. The molecule has 7 nitrogen and oxygen atoms in total. The number of halogens is 2. The number of carbonyl (C=O) groups excluding carboxylic acids is 1. The lowest BCUT2D eigenvalue weighted by atomic mass is 10.2. The minimum Gasteiger partial charge on any atom is -0.324 e. The second-order valence-electron chi connectivity index (χ2n) is 5.21. The highest BCUT2D eigenvalue weighted by molar-refractivity contribution is 7.13. The summed E-state index contributed by atoms with van der Waals surface area (Å²) in [6, 6.07) is 7.35. The first-order valence-corrected chi connectivity index (χ1v) is 8.49. The smallest absolute Gasteiger partial charge is 0.267 e. The number of amides is 1. The van der Waals surface area contributed by atoms with Crippen LogP contribution in [0.25, 0.3) is 11.4 Å². The van der Waals surface area contributed by atoms with Crippen LogP contribution in [0, 0.1) is 0 Å². The topological polar surface area (TPSA) is 110 Å². The summed E-state index contributed by atoms with van der Waals surface area (Å²) in [4.78, 5) is 21.4. The lowest BCUT2D eigenvalue weighted by molar-refractivity contribution is 0.103. The predicted molar refractivity (Wildman–Crippen MR) is 108 cm³/mol. The zero-order valence-electron chi connectivity index (χ0n) is 14.1. The minimum atomic E-state index is -0.147. The number of H-pyrrole nitrogens is 1. The van der Waals surface area contributed by atoms with Crippen molar-refractivity contribution in [2.75, 3.05) is 5.32 Å². The Kier molecular flexibility index (Phi) is 8.67. The van der Waals surface area contributed by atoms with Crippen molar-refractivity contribution in [2.45, 2.75) is 26.3 Å². The van der Waals surface area contributed by atoms with Crippen LogP contribution in [0.2, 0.25) is 0 Å². The zero-order valence-corrected chi connectivity index (χ0v) is 16.5. The molecule has 0 atom stereocenters. The summed E-state index contributed by atoms with van der Waals surface area (Å²) in [5.74, 6) is 1.07. The van der Waals surface area contributed by atoms with Crippen molar-refractivity contribution in [3.8, 4) is 11.4 Å². The van der Waals surface area contributed by atoms with E-state index in [1.807, 2.05) is 24.3 Å². The van der Waals surface area contributed by atoms with E-state index >= 15 is 0 Å². The maximum Gasteiger partial charge on any atom is 0.267 e. The number of hydrogen-bond donors (Lipinski definition) is 3. The minimum absolute atomic E-state index is 0. The summed E-state index contributed by atoms with van der Waals surface area (Å²) < 4.78 is 0. The van der Waals surface area contributed by atoms with Crippen LogP contribution in [0.3, 0.4) is 0 Å². The lowest BCUT2D eigenvalue weighted by Gasteiger charge is -2.03. The number of benzene rings is 1. The largest absolute Gasteiger partial charge is 0.324 e. The molecule has 0 aliphatic carbocycles. The third-order valence-electron chi connectivity index (χ3n) is 3.37. The van der Waals surface area contributed by atoms with Gasteiger partial charge in [-0.05, 0) is 37.1 Å². The highest BCUT2D eigenvalue weighted by Crippen LogP contribution is 2.20. The fourth-order valence-electron chi connectivity index (χ4n) is 2.16. The van der Waals surface area contributed by atoms with Crippen molar-refractivity contribution < 1.29 is 4.79 Å². The number of anilines is 1. The van der Waals surface area contributed by atoms with Crippen molar-refractivity contribution in [1.29, 1.82) is 0 Å². The van der Waals surface area contributed by atoms with Crippen LogP contribution in [0.5, 0.6) is 0 Å². The van der Waals surface area contributed by atoms with Gasteiger partial charge in [0.1, 0.15) is 10.7 Å². The number of nitrogens with two attached hydrogens (primary N) is 1. The molecule has 1 amide bonds. The summed E-state index contributed by atoms with van der Waals surface area (Å²) in [7, 11) is 0. The summed E-state index contributed by atoms with van der Waals surface area (Å²) >= 11 is 1.43. The molecule has 26 heavy (non-hydrogen) atoms. The predicted octanol–water partition coefficient (Wildman–Crippen LogP) is 3.44. The highest BCUT2D eigenvalue weighted by atomic mass is 35.5. The van der Waals surface area contributed by atoms with Crippen molar-refractivity contribution in [1.82, 2.24) is 20.2 Å². The molecule has 0 aliphatic heterocycles. The van der Waals surface area contributed by atoms with Crippen molar-refractivity contribution in [3.05, 3.63) is 46.2 Å². The Morgan fingerprint density at radius 3 is 2.62 bits per heavy atom. The standard InChI is InChI=1S/C16H18N6OS.2ClH/c1-2-3-14-18-9-12(24-14)16(23)19-11-6-4-10(5-7-11)15-20-13(8-17)21-22-15;;/h4-7,9H,2-3,8,17H2,1H3,(H,19,23)(H,20,21,22);2*1H. The molecule has 0 aliphatic rings. The van der Waals surface area contributed by atoms with Gasteiger partial charge in [0.2, 0.25) is 0 Å². The molecule has 3 rings (SSSR count). The first-order valence-electron chi connectivity index (χ1n) is 7.67. The quantitative estimate of drug-likeness (QED) is 0.571. The molecular weight excluding hydrogens is 395 g/mol. The van der Waals surface area contributed by atoms with Gasteiger partial charge >= 0.3 is 0 Å². The van der Waals surface area contributed by atoms with E-state index in [0.717, 1.165) is 23.4 Å². The monoisotopic (exact) mass is 414 g/mol. The molecule has 3 aromatic rings. The van der Waals surface area contributed by atoms with Gasteiger partial charge in [0.25, 0.3) is 5.91 Å². The number of rotatable bonds is 6. The Balaban J connectivity index is 0.00000169. The second kappa shape index (κ2) is 10.2. The van der Waals surface area contributed by atoms with Crippen molar-refractivity contribution in [2.24, 2.45) is 5.73 Å². The average molecular weight is 415 g/mol. The molecule has 0 saturated carbocycles. The van der Waals surface area contributed by atoms with Crippen LogP contribution in [0.1, 0.15) is 33.8 Å². The molecule has 0 bridgehead atoms. The van der Waals surface area contributed by atoms with Crippen LogP contribution in [0.15, 0.2) is 30.5 Å². The van der Waals surface area contributed by atoms with E-state index < -0.39 is 0 Å². The molecule has 4 N–H and O–H groups in total. The Hall–Kier alpha value is -2.00. The Morgan fingerprint density at radius 2 is 2.00 bits per heavy atom. The third kappa shape index (κ3) is 5.25. The molecule has 0 unspecified atom stereocenters. The number of nitrogens with one attached hydrogen (secondary N) is 2. The normalized spacial score (nSPS) is 9.92. The number of aromatic nitrogens is 4. The van der Waals surface area contributed by atoms with Gasteiger partial charge in [-0.2, -0.15) is 5.10 Å². The van der Waals surface area contributed by atoms with Gasteiger partial charge in [0.15, 0.2) is 5.82 Å². The van der Waals surface area contributed by atoms with Gasteiger partial charge in [0, 0.05) is 11.3 Å². The fourth-order valence-corrected chi connectivity index (χ4v) is 3.07. The molecule has 140 valence electrons. The van der Waals surface area contributed by atoms with Crippen LogP contribution in [-0.2, 0) is 13.0 Å². The number of thiazole rings is 1. The summed E-state index contributed by atoms with van der Waals surface area (Å²) in [6.07, 6.45) is 3.54. The zero-order chi connectivity index (χ0) is 16.9. The SMILES string of the molecule is CCCc1ncc(C(=O)Nc2ccc(-c3n[nH]c(CN)n3)cc2)s1.Cl.Cl. The maximum absolute atomic E-state index is 12.2. The van der Waals surface area contributed by atoms with E-state index in [1.165, 1.54) is 11.3 Å². The van der Waals surface area contributed by atoms with Gasteiger partial charge in [0.05, 0.1) is 17.7 Å². The number of hydrogen-bond acceptors (Lipinski definition) is 6. The van der Waals surface area contributed by atoms with Gasteiger partial charge in [-0.25, -0.2) is 9.97 Å². The Morgan fingerprint density at radius 1 is 1.27 bits per heavy atom. The molecule has 2 heterocycles. The molecule has 0 radical (unpaired) electrons. The Bertz CT molecular complexity index is 833. The van der Waals surface area contributed by atoms with E-state index in [-0.39, 0.29) is 30.7 Å². The number of aryl methyl sites for hydroxylation is 1. The molecule has 10 heteroatoms. The summed E-state index contributed by atoms with van der Waals surface area (Å²) in [5.41, 5.74) is 7.08. The molecule has 0 spiro atoms. The lowest BCUT2D eigenvalue weighted by Crippen LogP contribution is -2.09. The van der Waals surface area contributed by atoms with Gasteiger partial charge in [-0.15, -0.1) is 36.2 Å². The van der Waals surface area contributed by atoms with E-state index in [0.29, 0.717) is 28.8 Å². The third-order valence-corrected chi connectivity index (χ3v) is 4.42. The number of carbonyl (C=O) groups is 1. The number of nitrogens with zero attached hydrogens (tertiary/aromatic N) is 3. The van der Waals surface area contributed by atoms with Gasteiger partial charge in [-0.1, -0.05) is 6.92 Å². The van der Waals surface area contributed by atoms with Crippen LogP contribution in [-0.4, -0.2) is 26.1 Å². The molecule has 1 aromatic carbocycles. The van der Waals surface area contributed by atoms with E-state index in [2.05, 4.69) is 32.4 Å². The van der Waals surface area contributed by atoms with E-state index in [9.17, 15) is 4.79 Å². The highest BCUT2D eigenvalue weighted by Gasteiger charge is 2.11. The molecule has 2 aromatic heterocycles. The second-order valence-corrected chi connectivity index (χ2v) is 6.32. The number of aromatic amines is 1. The van der Waals surface area contributed by atoms with Crippen LogP contribution in [0.4, 0.5) is 5.69 Å². The first kappa shape index (κ1) is 22.0. The van der Waals surface area contributed by atoms with E-state index in [1.54, 1.807) is 6.20 Å². The van der Waals surface area contributed by atoms with Gasteiger partial charge < -0.3 is 11.1 Å². The molecule has 0 saturated heterocycles. The first-order chi connectivity index (χ1) is 11.7. The van der Waals surface area contributed by atoms with E-state index in [4.69, 9.17) is 5.73 Å². The van der Waals surface area contributed by atoms with Crippen molar-refractivity contribution in [3.63, 3.8) is 0 Å². The summed E-state index contributed by atoms with van der Waals surface area (Å²) in [6.45, 7) is 2.41. The summed E-state index contributed by atoms with van der Waals surface area (Å²) in [5, 5.41) is 10.7. The Labute approximate surface area is 167 Å². The molecule has 0 fully saturated rings. The molecular formula is C16H20Cl2N6OS. The van der Waals surface area contributed by atoms with Crippen LogP contribution < -0.4 is 11.1 Å². The van der Waals surface area contributed by atoms with Gasteiger partial charge in [-0.3, -0.25) is 9.89 Å². The van der Waals surface area contributed by atoms with Crippen LogP contribution >= 0.6 is 36.2 Å². The van der Waals surface area contributed by atoms with Crippen molar-refractivity contribution >= 4 is 47.7 Å². The average Bonchev–Trinajstić information content (AvgIpc) is 3.25. The maximum atomic E-state index is 12.2.